The summed E-state index contributed by atoms with van der Waals surface area (Å²) < 4.78 is 5.36. The van der Waals surface area contributed by atoms with Gasteiger partial charge in [-0.2, -0.15) is 0 Å². The second-order valence-electron chi connectivity index (χ2n) is 4.37. The van der Waals surface area contributed by atoms with Crippen LogP contribution in [0.2, 0.25) is 0 Å². The average molecular weight is 184 g/mol. The van der Waals surface area contributed by atoms with Crippen LogP contribution in [0.4, 0.5) is 0 Å². The number of hydrogen-bond donors (Lipinski definition) is 2. The van der Waals surface area contributed by atoms with Gasteiger partial charge in [0.15, 0.2) is 0 Å². The van der Waals surface area contributed by atoms with Crippen LogP contribution in [-0.4, -0.2) is 31.3 Å². The molecule has 0 aromatic heterocycles. The number of nitrogens with two attached hydrogens (primary N) is 1. The molecule has 0 unspecified atom stereocenters. The molecule has 2 fully saturated rings. The Morgan fingerprint density at radius 2 is 2.00 bits per heavy atom. The summed E-state index contributed by atoms with van der Waals surface area (Å²) in [7, 11) is 0. The molecule has 0 aromatic carbocycles. The maximum atomic E-state index is 5.85. The molecular weight excluding hydrogens is 164 g/mol. The maximum Gasteiger partial charge on any atom is 0.0484 e. The van der Waals surface area contributed by atoms with Crippen molar-refractivity contribution in [2.45, 2.75) is 43.7 Å². The summed E-state index contributed by atoms with van der Waals surface area (Å²) in [5.74, 6) is 0. The zero-order valence-electron chi connectivity index (χ0n) is 8.22. The molecule has 0 radical (unpaired) electrons. The lowest BCUT2D eigenvalue weighted by atomic mass is 9.84. The van der Waals surface area contributed by atoms with Gasteiger partial charge in [-0.1, -0.05) is 6.42 Å². The van der Waals surface area contributed by atoms with Crippen molar-refractivity contribution in [2.75, 3.05) is 19.8 Å². The van der Waals surface area contributed by atoms with Gasteiger partial charge < -0.3 is 15.8 Å². The largest absolute Gasteiger partial charge is 0.381 e. The molecule has 2 aliphatic rings. The predicted molar refractivity (Wildman–Crippen MR) is 52.6 cm³/mol. The van der Waals surface area contributed by atoms with E-state index in [-0.39, 0.29) is 5.54 Å². The van der Waals surface area contributed by atoms with Gasteiger partial charge in [0.2, 0.25) is 0 Å². The zero-order valence-corrected chi connectivity index (χ0v) is 8.22. The van der Waals surface area contributed by atoms with Gasteiger partial charge in [-0.05, 0) is 25.7 Å². The highest BCUT2D eigenvalue weighted by Crippen LogP contribution is 2.26. The molecule has 13 heavy (non-hydrogen) atoms. The molecule has 3 nitrogen and oxygen atoms in total. The van der Waals surface area contributed by atoms with Crippen LogP contribution in [0.25, 0.3) is 0 Å². The number of hydrogen-bond acceptors (Lipinski definition) is 3. The Morgan fingerprint density at radius 1 is 1.31 bits per heavy atom. The van der Waals surface area contributed by atoms with Crippen molar-refractivity contribution in [3.63, 3.8) is 0 Å². The van der Waals surface area contributed by atoms with Crippen LogP contribution in [0.5, 0.6) is 0 Å². The first-order valence-electron chi connectivity index (χ1n) is 5.40. The van der Waals surface area contributed by atoms with Crippen LogP contribution in [0.1, 0.15) is 32.1 Å². The highest BCUT2D eigenvalue weighted by Gasteiger charge is 2.34. The summed E-state index contributed by atoms with van der Waals surface area (Å²) in [5.41, 5.74) is 6.05. The lowest BCUT2D eigenvalue weighted by molar-refractivity contribution is 0.0314. The minimum absolute atomic E-state index is 0.198. The first-order valence-corrected chi connectivity index (χ1v) is 5.40. The topological polar surface area (TPSA) is 47.3 Å². The van der Waals surface area contributed by atoms with Crippen LogP contribution in [0, 0.1) is 0 Å². The Morgan fingerprint density at radius 3 is 2.46 bits per heavy atom. The number of rotatable bonds is 3. The minimum Gasteiger partial charge on any atom is -0.381 e. The van der Waals surface area contributed by atoms with Gasteiger partial charge in [0.05, 0.1) is 0 Å². The first kappa shape index (κ1) is 9.44. The van der Waals surface area contributed by atoms with Crippen molar-refractivity contribution in [2.24, 2.45) is 5.73 Å². The molecular formula is C10H20N2O. The molecule has 1 aliphatic carbocycles. The third-order valence-corrected chi connectivity index (χ3v) is 3.46. The van der Waals surface area contributed by atoms with Gasteiger partial charge in [0.1, 0.15) is 0 Å². The monoisotopic (exact) mass is 184 g/mol. The molecule has 0 aromatic rings. The van der Waals surface area contributed by atoms with E-state index in [2.05, 4.69) is 5.32 Å². The van der Waals surface area contributed by atoms with Crippen molar-refractivity contribution in [1.29, 1.82) is 0 Å². The summed E-state index contributed by atoms with van der Waals surface area (Å²) in [6.45, 7) is 2.50. The van der Waals surface area contributed by atoms with Gasteiger partial charge in [-0.3, -0.25) is 0 Å². The van der Waals surface area contributed by atoms with Crippen molar-refractivity contribution < 1.29 is 4.74 Å². The molecule has 0 atom stereocenters. The maximum absolute atomic E-state index is 5.85. The summed E-state index contributed by atoms with van der Waals surface area (Å²) >= 11 is 0. The van der Waals surface area contributed by atoms with E-state index in [1.165, 1.54) is 19.3 Å². The lowest BCUT2D eigenvalue weighted by Gasteiger charge is -2.42. The van der Waals surface area contributed by atoms with Crippen LogP contribution in [0.15, 0.2) is 0 Å². The van der Waals surface area contributed by atoms with Gasteiger partial charge in [0.25, 0.3) is 0 Å². The van der Waals surface area contributed by atoms with Crippen molar-refractivity contribution in [3.05, 3.63) is 0 Å². The number of ether oxygens (including phenoxy) is 1. The molecule has 0 spiro atoms. The molecule has 1 aliphatic heterocycles. The molecule has 0 amide bonds. The zero-order chi connectivity index (χ0) is 9.15. The molecule has 76 valence electrons. The van der Waals surface area contributed by atoms with E-state index < -0.39 is 0 Å². The second-order valence-corrected chi connectivity index (χ2v) is 4.37. The second kappa shape index (κ2) is 3.95. The lowest BCUT2D eigenvalue weighted by Crippen LogP contribution is -2.59. The smallest absolute Gasteiger partial charge is 0.0484 e. The molecule has 3 heteroatoms. The average Bonchev–Trinajstić information content (AvgIpc) is 2.13. The standard InChI is InChI=1S/C10H20N2O/c11-8-10(4-6-13-7-5-10)12-9-2-1-3-9/h9,12H,1-8,11H2. The van der Waals surface area contributed by atoms with E-state index in [1.807, 2.05) is 0 Å². The Bertz CT molecular complexity index is 162. The van der Waals surface area contributed by atoms with Gasteiger partial charge in [0, 0.05) is 31.3 Å². The van der Waals surface area contributed by atoms with Gasteiger partial charge >= 0.3 is 0 Å². The van der Waals surface area contributed by atoms with E-state index in [0.717, 1.165) is 38.6 Å². The SMILES string of the molecule is NCC1(NC2CCC2)CCOCC1. The molecule has 2 rings (SSSR count). The molecule has 0 bridgehead atoms. The summed E-state index contributed by atoms with van der Waals surface area (Å²) in [5, 5.41) is 3.71. The van der Waals surface area contributed by atoms with Crippen molar-refractivity contribution >= 4 is 0 Å². The minimum atomic E-state index is 0.198. The Balaban J connectivity index is 1.88. The Labute approximate surface area is 80.0 Å². The molecule has 1 saturated heterocycles. The summed E-state index contributed by atoms with van der Waals surface area (Å²) in [6, 6.07) is 0.738. The Kier molecular flexibility index (Phi) is 2.86. The van der Waals surface area contributed by atoms with Gasteiger partial charge in [-0.15, -0.1) is 0 Å². The van der Waals surface area contributed by atoms with E-state index in [1.54, 1.807) is 0 Å². The summed E-state index contributed by atoms with van der Waals surface area (Å²) in [4.78, 5) is 0. The number of nitrogens with one attached hydrogen (secondary N) is 1. The molecule has 3 N–H and O–H groups in total. The van der Waals surface area contributed by atoms with Crippen LogP contribution in [-0.2, 0) is 4.74 Å². The van der Waals surface area contributed by atoms with E-state index in [0.29, 0.717) is 0 Å². The summed E-state index contributed by atoms with van der Waals surface area (Å²) in [6.07, 6.45) is 6.22. The van der Waals surface area contributed by atoms with Crippen LogP contribution >= 0.6 is 0 Å². The first-order chi connectivity index (χ1) is 6.35. The quantitative estimate of drug-likeness (QED) is 0.676. The molecule has 1 saturated carbocycles. The van der Waals surface area contributed by atoms with E-state index >= 15 is 0 Å². The Hall–Kier alpha value is -0.120. The van der Waals surface area contributed by atoms with Gasteiger partial charge in [-0.25, -0.2) is 0 Å². The molecule has 1 heterocycles. The fraction of sp³-hybridized carbons (Fsp3) is 1.00. The fourth-order valence-corrected chi connectivity index (χ4v) is 2.16. The highest BCUT2D eigenvalue weighted by molar-refractivity contribution is 4.95. The van der Waals surface area contributed by atoms with Crippen molar-refractivity contribution in [3.8, 4) is 0 Å². The fourth-order valence-electron chi connectivity index (χ4n) is 2.16. The van der Waals surface area contributed by atoms with Crippen LogP contribution < -0.4 is 11.1 Å². The van der Waals surface area contributed by atoms with Crippen LogP contribution in [0.3, 0.4) is 0 Å². The predicted octanol–water partition coefficient (Wildman–Crippen LogP) is 0.636. The van der Waals surface area contributed by atoms with Crippen molar-refractivity contribution in [1.82, 2.24) is 5.32 Å². The highest BCUT2D eigenvalue weighted by atomic mass is 16.5. The van der Waals surface area contributed by atoms with E-state index in [4.69, 9.17) is 10.5 Å². The third kappa shape index (κ3) is 2.03. The third-order valence-electron chi connectivity index (χ3n) is 3.46. The van der Waals surface area contributed by atoms with E-state index in [9.17, 15) is 0 Å². The normalized spacial score (nSPS) is 28.4.